The van der Waals surface area contributed by atoms with Gasteiger partial charge in [0.2, 0.25) is 0 Å². The van der Waals surface area contributed by atoms with Crippen LogP contribution in [0, 0.1) is 37.4 Å². The van der Waals surface area contributed by atoms with Gasteiger partial charge in [-0.1, -0.05) is 59.6 Å². The highest BCUT2D eigenvalue weighted by Crippen LogP contribution is 2.42. The SMILES string of the molecule is CC.CCC(CCC(C)C)C1CCC(c2ccc(C)c(F)c2C)CC1. The van der Waals surface area contributed by atoms with Gasteiger partial charge < -0.3 is 0 Å². The Morgan fingerprint density at radius 2 is 1.60 bits per heavy atom. The van der Waals surface area contributed by atoms with Crippen molar-refractivity contribution in [1.29, 1.82) is 0 Å². The number of benzene rings is 1. The van der Waals surface area contributed by atoms with Gasteiger partial charge in [-0.25, -0.2) is 4.39 Å². The maximum atomic E-state index is 14.2. The lowest BCUT2D eigenvalue weighted by Gasteiger charge is -2.34. The van der Waals surface area contributed by atoms with Gasteiger partial charge in [-0.2, -0.15) is 0 Å². The summed E-state index contributed by atoms with van der Waals surface area (Å²) in [6.07, 6.45) is 9.22. The number of rotatable bonds is 6. The van der Waals surface area contributed by atoms with Crippen molar-refractivity contribution in [2.24, 2.45) is 17.8 Å². The molecule has 1 atom stereocenters. The summed E-state index contributed by atoms with van der Waals surface area (Å²) in [6.45, 7) is 14.8. The summed E-state index contributed by atoms with van der Waals surface area (Å²) in [6, 6.07) is 4.13. The van der Waals surface area contributed by atoms with Gasteiger partial charge in [0, 0.05) is 0 Å². The Morgan fingerprint density at radius 1 is 1.00 bits per heavy atom. The van der Waals surface area contributed by atoms with Crippen LogP contribution in [0.4, 0.5) is 4.39 Å². The number of hydrogen-bond acceptors (Lipinski definition) is 0. The molecule has 0 heterocycles. The molecule has 0 nitrogen and oxygen atoms in total. The molecule has 1 aromatic rings. The summed E-state index contributed by atoms with van der Waals surface area (Å²) in [4.78, 5) is 0. The lowest BCUT2D eigenvalue weighted by atomic mass is 9.71. The maximum Gasteiger partial charge on any atom is 0.129 e. The zero-order chi connectivity index (χ0) is 19.0. The molecule has 1 aromatic carbocycles. The molecule has 0 saturated heterocycles. The highest BCUT2D eigenvalue weighted by Gasteiger charge is 2.28. The van der Waals surface area contributed by atoms with Crippen molar-refractivity contribution in [2.75, 3.05) is 0 Å². The molecule has 1 fully saturated rings. The van der Waals surface area contributed by atoms with Crippen LogP contribution in [0.1, 0.15) is 102 Å². The van der Waals surface area contributed by atoms with Crippen molar-refractivity contribution in [3.63, 3.8) is 0 Å². The van der Waals surface area contributed by atoms with Gasteiger partial charge in [-0.15, -0.1) is 0 Å². The van der Waals surface area contributed by atoms with E-state index in [2.05, 4.69) is 26.8 Å². The minimum atomic E-state index is 0.00740. The summed E-state index contributed by atoms with van der Waals surface area (Å²) < 4.78 is 14.2. The van der Waals surface area contributed by atoms with E-state index in [-0.39, 0.29) is 5.82 Å². The lowest BCUT2D eigenvalue weighted by Crippen LogP contribution is -2.21. The van der Waals surface area contributed by atoms with Crippen molar-refractivity contribution in [3.8, 4) is 0 Å². The smallest absolute Gasteiger partial charge is 0.129 e. The van der Waals surface area contributed by atoms with Crippen molar-refractivity contribution in [3.05, 3.63) is 34.6 Å². The van der Waals surface area contributed by atoms with Gasteiger partial charge in [0.1, 0.15) is 5.82 Å². The van der Waals surface area contributed by atoms with E-state index in [4.69, 9.17) is 0 Å². The third-order valence-electron chi connectivity index (χ3n) is 6.14. The highest BCUT2D eigenvalue weighted by molar-refractivity contribution is 5.35. The summed E-state index contributed by atoms with van der Waals surface area (Å²) in [5.41, 5.74) is 2.93. The lowest BCUT2D eigenvalue weighted by molar-refractivity contribution is 0.207. The van der Waals surface area contributed by atoms with E-state index in [0.29, 0.717) is 5.92 Å². The Labute approximate surface area is 156 Å². The van der Waals surface area contributed by atoms with Crippen molar-refractivity contribution in [2.45, 2.75) is 99.3 Å². The summed E-state index contributed by atoms with van der Waals surface area (Å²) >= 11 is 0. The molecule has 0 aromatic heterocycles. The van der Waals surface area contributed by atoms with Crippen LogP contribution in [0.2, 0.25) is 0 Å². The van der Waals surface area contributed by atoms with Crippen LogP contribution in [-0.4, -0.2) is 0 Å². The fourth-order valence-corrected chi connectivity index (χ4v) is 4.50. The maximum absolute atomic E-state index is 14.2. The minimum Gasteiger partial charge on any atom is -0.206 e. The van der Waals surface area contributed by atoms with Crippen LogP contribution in [0.25, 0.3) is 0 Å². The largest absolute Gasteiger partial charge is 0.206 e. The Kier molecular flexibility index (Phi) is 9.75. The highest BCUT2D eigenvalue weighted by atomic mass is 19.1. The Bertz CT molecular complexity index is 495. The molecule has 0 radical (unpaired) electrons. The molecule has 1 saturated carbocycles. The van der Waals surface area contributed by atoms with Crippen LogP contribution in [0.15, 0.2) is 12.1 Å². The molecule has 2 rings (SSSR count). The first-order valence-corrected chi connectivity index (χ1v) is 10.7. The van der Waals surface area contributed by atoms with Gasteiger partial charge in [0.25, 0.3) is 0 Å². The normalized spacial score (nSPS) is 21.6. The van der Waals surface area contributed by atoms with E-state index in [0.717, 1.165) is 28.9 Å². The van der Waals surface area contributed by atoms with E-state index >= 15 is 0 Å². The van der Waals surface area contributed by atoms with Crippen LogP contribution in [0.3, 0.4) is 0 Å². The number of aryl methyl sites for hydroxylation is 1. The molecule has 1 heteroatoms. The average Bonchev–Trinajstić information content (AvgIpc) is 2.62. The molecular weight excluding hydrogens is 307 g/mol. The Morgan fingerprint density at radius 3 is 2.12 bits per heavy atom. The first kappa shape index (κ1) is 22.2. The summed E-state index contributed by atoms with van der Waals surface area (Å²) in [7, 11) is 0. The first-order valence-electron chi connectivity index (χ1n) is 10.7. The fraction of sp³-hybridized carbons (Fsp3) is 0.750. The molecular formula is C24H41F. The third kappa shape index (κ3) is 6.12. The minimum absolute atomic E-state index is 0.00740. The molecule has 0 bridgehead atoms. The topological polar surface area (TPSA) is 0 Å². The van der Waals surface area contributed by atoms with Gasteiger partial charge >= 0.3 is 0 Å². The van der Waals surface area contributed by atoms with Crippen LogP contribution < -0.4 is 0 Å². The van der Waals surface area contributed by atoms with Gasteiger partial charge in [-0.3, -0.25) is 0 Å². The molecule has 25 heavy (non-hydrogen) atoms. The predicted molar refractivity (Wildman–Crippen MR) is 110 cm³/mol. The number of halogens is 1. The second kappa shape index (κ2) is 11.0. The molecule has 1 aliphatic rings. The monoisotopic (exact) mass is 348 g/mol. The standard InChI is InChI=1S/C22H35F.C2H6/c1-6-18(9-7-15(2)3)19-10-12-20(13-11-19)21-14-8-16(4)22(23)17(21)5;1-2/h8,14-15,18-20H,6-7,9-13H2,1-5H3;1-2H3. The molecule has 1 aliphatic carbocycles. The van der Waals surface area contributed by atoms with E-state index in [9.17, 15) is 4.39 Å². The van der Waals surface area contributed by atoms with Crippen molar-refractivity contribution < 1.29 is 4.39 Å². The third-order valence-corrected chi connectivity index (χ3v) is 6.14. The zero-order valence-corrected chi connectivity index (χ0v) is 17.8. The van der Waals surface area contributed by atoms with Crippen molar-refractivity contribution in [1.82, 2.24) is 0 Å². The van der Waals surface area contributed by atoms with Gasteiger partial charge in [-0.05, 0) is 86.3 Å². The van der Waals surface area contributed by atoms with E-state index in [1.807, 2.05) is 33.8 Å². The first-order chi connectivity index (χ1) is 11.9. The molecule has 0 spiro atoms. The van der Waals surface area contributed by atoms with E-state index in [1.54, 1.807) is 0 Å². The quantitative estimate of drug-likeness (QED) is 0.486. The Hall–Kier alpha value is -0.850. The average molecular weight is 349 g/mol. The number of hydrogen-bond donors (Lipinski definition) is 0. The molecule has 0 amide bonds. The van der Waals surface area contributed by atoms with Crippen LogP contribution in [0.5, 0.6) is 0 Å². The second-order valence-electron chi connectivity index (χ2n) is 8.16. The molecule has 0 aliphatic heterocycles. The van der Waals surface area contributed by atoms with Crippen molar-refractivity contribution >= 4 is 0 Å². The predicted octanol–water partition coefficient (Wildman–Crippen LogP) is 8.20. The van der Waals surface area contributed by atoms with Crippen LogP contribution in [-0.2, 0) is 0 Å². The molecule has 0 N–H and O–H groups in total. The molecule has 144 valence electrons. The van der Waals surface area contributed by atoms with E-state index in [1.165, 1.54) is 50.5 Å². The summed E-state index contributed by atoms with van der Waals surface area (Å²) in [5.74, 6) is 3.19. The Balaban J connectivity index is 0.00000151. The van der Waals surface area contributed by atoms with Gasteiger partial charge in [0.05, 0.1) is 0 Å². The summed E-state index contributed by atoms with van der Waals surface area (Å²) in [5, 5.41) is 0. The molecule has 1 unspecified atom stereocenters. The van der Waals surface area contributed by atoms with Crippen LogP contribution >= 0.6 is 0 Å². The van der Waals surface area contributed by atoms with E-state index < -0.39 is 0 Å². The van der Waals surface area contributed by atoms with Gasteiger partial charge in [0.15, 0.2) is 0 Å². The second-order valence-corrected chi connectivity index (χ2v) is 8.16. The fourth-order valence-electron chi connectivity index (χ4n) is 4.50. The zero-order valence-electron chi connectivity index (χ0n) is 17.8.